The van der Waals surface area contributed by atoms with E-state index in [4.69, 9.17) is 4.74 Å². The van der Waals surface area contributed by atoms with Crippen LogP contribution >= 0.6 is 11.3 Å². The molecule has 32 heavy (non-hydrogen) atoms. The van der Waals surface area contributed by atoms with Crippen LogP contribution in [0.4, 0.5) is 24.0 Å². The van der Waals surface area contributed by atoms with Crippen molar-refractivity contribution in [3.05, 3.63) is 75.8 Å². The maximum absolute atomic E-state index is 13.1. The van der Waals surface area contributed by atoms with E-state index < -0.39 is 23.6 Å². The van der Waals surface area contributed by atoms with Gasteiger partial charge in [0.25, 0.3) is 5.91 Å². The highest BCUT2D eigenvalue weighted by molar-refractivity contribution is 7.17. The second-order valence-corrected chi connectivity index (χ2v) is 7.58. The van der Waals surface area contributed by atoms with Gasteiger partial charge in [-0.15, -0.1) is 0 Å². The average molecular weight is 465 g/mol. The van der Waals surface area contributed by atoms with Gasteiger partial charge in [-0.1, -0.05) is 35.6 Å². The number of hydrogen-bond acceptors (Lipinski definition) is 6. The number of nitrogens with one attached hydrogen (secondary N) is 2. The van der Waals surface area contributed by atoms with Gasteiger partial charge in [0, 0.05) is 24.9 Å². The smallest absolute Gasteiger partial charge is 0.418 e. The van der Waals surface area contributed by atoms with Gasteiger partial charge in [-0.25, -0.2) is 9.78 Å². The summed E-state index contributed by atoms with van der Waals surface area (Å²) in [7, 11) is 1.40. The number of hydrogen-bond donors (Lipinski definition) is 3. The molecule has 1 aromatic heterocycles. The van der Waals surface area contributed by atoms with E-state index in [2.05, 4.69) is 15.6 Å². The summed E-state index contributed by atoms with van der Waals surface area (Å²) in [4.78, 5) is 27.8. The van der Waals surface area contributed by atoms with Crippen molar-refractivity contribution in [2.75, 3.05) is 17.7 Å². The third-order valence-corrected chi connectivity index (χ3v) is 5.33. The lowest BCUT2D eigenvalue weighted by Crippen LogP contribution is -2.12. The number of benzene rings is 2. The van der Waals surface area contributed by atoms with Crippen molar-refractivity contribution in [1.82, 2.24) is 4.98 Å². The van der Waals surface area contributed by atoms with E-state index in [1.54, 1.807) is 12.1 Å². The Hall–Kier alpha value is -3.44. The first-order valence-electron chi connectivity index (χ1n) is 9.21. The summed E-state index contributed by atoms with van der Waals surface area (Å²) in [6, 6.07) is 11.4. The standard InChI is InChI=1S/C21H18F3N3O4S/c1-31-11-16-17(19(29)30)32-20(26-16)27-18(28)13-8-6-12(7-9-13)10-25-15-5-3-2-4-14(15)21(22,23)24/h2-9,25H,10-11H2,1H3,(H,29,30)(H,26,27,28). The van der Waals surface area contributed by atoms with Crippen LogP contribution in [0.5, 0.6) is 0 Å². The zero-order valence-electron chi connectivity index (χ0n) is 16.7. The molecule has 0 atom stereocenters. The lowest BCUT2D eigenvalue weighted by atomic mass is 10.1. The number of aromatic carboxylic acids is 1. The SMILES string of the molecule is COCc1nc(NC(=O)c2ccc(CNc3ccccc3C(F)(F)F)cc2)sc1C(=O)O. The van der Waals surface area contributed by atoms with Gasteiger partial charge in [-0.2, -0.15) is 13.2 Å². The van der Waals surface area contributed by atoms with E-state index >= 15 is 0 Å². The predicted octanol–water partition coefficient (Wildman–Crippen LogP) is 4.87. The minimum Gasteiger partial charge on any atom is -0.477 e. The Labute approximate surface area is 184 Å². The summed E-state index contributed by atoms with van der Waals surface area (Å²) in [5.74, 6) is -1.67. The number of carboxylic acid groups (broad SMARTS) is 1. The van der Waals surface area contributed by atoms with Gasteiger partial charge in [0.1, 0.15) is 4.88 Å². The van der Waals surface area contributed by atoms with E-state index in [0.29, 0.717) is 5.56 Å². The van der Waals surface area contributed by atoms with Crippen LogP contribution in [-0.4, -0.2) is 29.1 Å². The van der Waals surface area contributed by atoms with E-state index in [9.17, 15) is 27.9 Å². The number of halogens is 3. The first-order chi connectivity index (χ1) is 15.2. The van der Waals surface area contributed by atoms with Crippen molar-refractivity contribution in [3.63, 3.8) is 0 Å². The van der Waals surface area contributed by atoms with E-state index in [0.717, 1.165) is 17.4 Å². The van der Waals surface area contributed by atoms with Crippen molar-refractivity contribution >= 4 is 34.0 Å². The van der Waals surface area contributed by atoms with Crippen LogP contribution in [-0.2, 0) is 24.1 Å². The van der Waals surface area contributed by atoms with Crippen LogP contribution in [0.1, 0.15) is 36.9 Å². The number of nitrogens with zero attached hydrogens (tertiary/aromatic N) is 1. The first-order valence-corrected chi connectivity index (χ1v) is 10.0. The van der Waals surface area contributed by atoms with Crippen LogP contribution in [0, 0.1) is 0 Å². The molecule has 0 fully saturated rings. The molecule has 0 spiro atoms. The summed E-state index contributed by atoms with van der Waals surface area (Å²) in [5.41, 5.74) is 0.369. The molecule has 1 heterocycles. The molecule has 0 saturated heterocycles. The molecule has 0 aliphatic rings. The van der Waals surface area contributed by atoms with E-state index in [-0.39, 0.29) is 40.1 Å². The number of alkyl halides is 3. The number of carboxylic acids is 1. The number of amides is 1. The molecule has 3 aromatic rings. The van der Waals surface area contributed by atoms with Gasteiger partial charge in [-0.05, 0) is 29.8 Å². The fourth-order valence-electron chi connectivity index (χ4n) is 2.83. The summed E-state index contributed by atoms with van der Waals surface area (Å²) >= 11 is 0.818. The molecule has 7 nitrogen and oxygen atoms in total. The molecule has 0 saturated carbocycles. The molecule has 2 aromatic carbocycles. The van der Waals surface area contributed by atoms with Crippen LogP contribution in [0.15, 0.2) is 48.5 Å². The fourth-order valence-corrected chi connectivity index (χ4v) is 3.63. The zero-order valence-corrected chi connectivity index (χ0v) is 17.5. The van der Waals surface area contributed by atoms with Gasteiger partial charge < -0.3 is 15.2 Å². The topological polar surface area (TPSA) is 101 Å². The molecule has 1 amide bonds. The largest absolute Gasteiger partial charge is 0.477 e. The lowest BCUT2D eigenvalue weighted by molar-refractivity contribution is -0.137. The molecule has 0 bridgehead atoms. The number of rotatable bonds is 8. The molecule has 0 aliphatic carbocycles. The summed E-state index contributed by atoms with van der Waals surface area (Å²) in [6.07, 6.45) is -4.47. The van der Waals surface area contributed by atoms with Crippen molar-refractivity contribution in [3.8, 4) is 0 Å². The van der Waals surface area contributed by atoms with Gasteiger partial charge in [0.15, 0.2) is 5.13 Å². The molecule has 168 valence electrons. The summed E-state index contributed by atoms with van der Waals surface area (Å²) in [6.45, 7) is 0.122. The molecule has 0 aliphatic heterocycles. The van der Waals surface area contributed by atoms with Crippen LogP contribution in [0.3, 0.4) is 0 Å². The maximum Gasteiger partial charge on any atom is 0.418 e. The molecular weight excluding hydrogens is 447 g/mol. The number of carbonyl (C=O) groups excluding carboxylic acids is 1. The maximum atomic E-state index is 13.1. The number of thiazole rings is 1. The van der Waals surface area contributed by atoms with Crippen LogP contribution in [0.25, 0.3) is 0 Å². The highest BCUT2D eigenvalue weighted by Crippen LogP contribution is 2.34. The summed E-state index contributed by atoms with van der Waals surface area (Å²) in [5, 5.41) is 14.6. The molecular formula is C21H18F3N3O4S. The number of anilines is 2. The first kappa shape index (κ1) is 23.2. The Bertz CT molecular complexity index is 1110. The van der Waals surface area contributed by atoms with E-state index in [1.165, 1.54) is 37.4 Å². The third kappa shape index (κ3) is 5.62. The molecule has 0 unspecified atom stereocenters. The zero-order chi connectivity index (χ0) is 23.3. The van der Waals surface area contributed by atoms with E-state index in [1.807, 2.05) is 0 Å². The van der Waals surface area contributed by atoms with Crippen molar-refractivity contribution in [2.45, 2.75) is 19.3 Å². The van der Waals surface area contributed by atoms with Crippen LogP contribution < -0.4 is 10.6 Å². The van der Waals surface area contributed by atoms with Gasteiger partial charge in [0.2, 0.25) is 0 Å². The Kier molecular flexibility index (Phi) is 7.11. The predicted molar refractivity (Wildman–Crippen MR) is 113 cm³/mol. The van der Waals surface area contributed by atoms with Crippen molar-refractivity contribution in [1.29, 1.82) is 0 Å². The fraction of sp³-hybridized carbons (Fsp3) is 0.190. The van der Waals surface area contributed by atoms with Gasteiger partial charge in [-0.3, -0.25) is 10.1 Å². The van der Waals surface area contributed by atoms with Crippen LogP contribution in [0.2, 0.25) is 0 Å². The quantitative estimate of drug-likeness (QED) is 0.439. The summed E-state index contributed by atoms with van der Waals surface area (Å²) < 4.78 is 44.2. The Morgan fingerprint density at radius 3 is 2.44 bits per heavy atom. The normalized spacial score (nSPS) is 11.2. The molecule has 11 heteroatoms. The van der Waals surface area contributed by atoms with Gasteiger partial charge in [0.05, 0.1) is 17.9 Å². The number of para-hydroxylation sites is 1. The number of ether oxygens (including phenoxy) is 1. The Morgan fingerprint density at radius 1 is 1.12 bits per heavy atom. The highest BCUT2D eigenvalue weighted by atomic mass is 32.1. The minimum atomic E-state index is -4.47. The van der Waals surface area contributed by atoms with Gasteiger partial charge >= 0.3 is 12.1 Å². The second-order valence-electron chi connectivity index (χ2n) is 6.58. The average Bonchev–Trinajstić information content (AvgIpc) is 3.15. The number of methoxy groups -OCH3 is 1. The monoisotopic (exact) mass is 465 g/mol. The number of carbonyl (C=O) groups is 2. The van der Waals surface area contributed by atoms with Crippen molar-refractivity contribution in [2.24, 2.45) is 0 Å². The lowest BCUT2D eigenvalue weighted by Gasteiger charge is -2.14. The highest BCUT2D eigenvalue weighted by Gasteiger charge is 2.33. The Morgan fingerprint density at radius 2 is 1.81 bits per heavy atom. The Balaban J connectivity index is 1.66. The molecule has 3 rings (SSSR count). The third-order valence-electron chi connectivity index (χ3n) is 4.32. The minimum absolute atomic E-state index is 0.00678. The second kappa shape index (κ2) is 9.79. The molecule has 0 radical (unpaired) electrons. The van der Waals surface area contributed by atoms with Crippen molar-refractivity contribution < 1.29 is 32.6 Å². The molecule has 3 N–H and O–H groups in total. The number of aromatic nitrogens is 1.